The summed E-state index contributed by atoms with van der Waals surface area (Å²) in [6.07, 6.45) is 2.17. The predicted molar refractivity (Wildman–Crippen MR) is 107 cm³/mol. The van der Waals surface area contributed by atoms with Crippen LogP contribution in [0.25, 0.3) is 0 Å². The Bertz CT molecular complexity index is 741. The van der Waals surface area contributed by atoms with Crippen LogP contribution < -0.4 is 11.1 Å². The maximum absolute atomic E-state index is 6.10. The van der Waals surface area contributed by atoms with E-state index in [1.807, 2.05) is 6.07 Å². The zero-order valence-electron chi connectivity index (χ0n) is 13.2. The zero-order valence-corrected chi connectivity index (χ0v) is 15.5. The second-order valence-corrected chi connectivity index (χ2v) is 6.28. The van der Waals surface area contributed by atoms with Crippen molar-refractivity contribution in [3.8, 4) is 0 Å². The van der Waals surface area contributed by atoms with E-state index in [9.17, 15) is 0 Å². The molecule has 3 nitrogen and oxygen atoms in total. The standard InChI is InChI=1S/C19H21N3.HI/c1-2-12-6-5-8-14(10-12)21-19(20)22-18-16-11-13-7-3-4-9-15(13)17(16)18;/h3-10,16-18H,2,11H2,1H3,(H3,20,21,22);1H. The van der Waals surface area contributed by atoms with Crippen molar-refractivity contribution in [2.45, 2.75) is 31.7 Å². The Labute approximate surface area is 154 Å². The minimum absolute atomic E-state index is 0. The van der Waals surface area contributed by atoms with Crippen molar-refractivity contribution >= 4 is 35.6 Å². The van der Waals surface area contributed by atoms with E-state index in [2.05, 4.69) is 54.7 Å². The molecule has 4 rings (SSSR count). The van der Waals surface area contributed by atoms with E-state index in [1.54, 1.807) is 0 Å². The highest BCUT2D eigenvalue weighted by molar-refractivity contribution is 14.0. The number of hydrogen-bond acceptors (Lipinski definition) is 1. The molecule has 2 aromatic rings. The predicted octanol–water partition coefficient (Wildman–Crippen LogP) is 3.93. The van der Waals surface area contributed by atoms with Crippen LogP contribution in [0.3, 0.4) is 0 Å². The first-order valence-corrected chi connectivity index (χ1v) is 8.03. The minimum atomic E-state index is 0. The number of nitrogens with two attached hydrogens (primary N) is 1. The van der Waals surface area contributed by atoms with E-state index in [1.165, 1.54) is 16.7 Å². The number of guanidine groups is 1. The molecule has 0 aliphatic heterocycles. The van der Waals surface area contributed by atoms with Crippen LogP contribution in [0.2, 0.25) is 0 Å². The Morgan fingerprint density at radius 2 is 2.04 bits per heavy atom. The van der Waals surface area contributed by atoms with Gasteiger partial charge in [-0.05, 0) is 47.6 Å². The number of aliphatic imine (C=N–C) groups is 1. The highest BCUT2D eigenvalue weighted by Gasteiger charge is 2.55. The number of nitrogens with one attached hydrogen (secondary N) is 1. The van der Waals surface area contributed by atoms with E-state index in [-0.39, 0.29) is 24.0 Å². The van der Waals surface area contributed by atoms with Crippen LogP contribution in [0.5, 0.6) is 0 Å². The molecule has 0 spiro atoms. The fraction of sp³-hybridized carbons (Fsp3) is 0.316. The second-order valence-electron chi connectivity index (χ2n) is 6.28. The van der Waals surface area contributed by atoms with Gasteiger partial charge in [-0.1, -0.05) is 43.3 Å². The summed E-state index contributed by atoms with van der Waals surface area (Å²) in [4.78, 5) is 4.71. The molecule has 0 radical (unpaired) electrons. The Morgan fingerprint density at radius 3 is 2.87 bits per heavy atom. The van der Waals surface area contributed by atoms with Crippen LogP contribution in [-0.4, -0.2) is 12.0 Å². The van der Waals surface area contributed by atoms with Gasteiger partial charge in [0.2, 0.25) is 0 Å². The summed E-state index contributed by atoms with van der Waals surface area (Å²) in [6.45, 7) is 2.15. The van der Waals surface area contributed by atoms with Gasteiger partial charge in [0.05, 0.1) is 6.04 Å². The fourth-order valence-electron chi connectivity index (χ4n) is 3.70. The van der Waals surface area contributed by atoms with Crippen LogP contribution in [0.1, 0.15) is 29.5 Å². The Morgan fingerprint density at radius 1 is 1.22 bits per heavy atom. The van der Waals surface area contributed by atoms with Crippen molar-refractivity contribution in [1.29, 1.82) is 0 Å². The molecule has 3 N–H and O–H groups in total. The van der Waals surface area contributed by atoms with Crippen molar-refractivity contribution < 1.29 is 0 Å². The lowest BCUT2D eigenvalue weighted by atomic mass is 10.1. The molecular formula is C19H22IN3. The fourth-order valence-corrected chi connectivity index (χ4v) is 3.70. The van der Waals surface area contributed by atoms with Crippen molar-refractivity contribution in [3.63, 3.8) is 0 Å². The van der Waals surface area contributed by atoms with Crippen molar-refractivity contribution in [1.82, 2.24) is 0 Å². The number of rotatable bonds is 3. The molecule has 0 aromatic heterocycles. The average molecular weight is 419 g/mol. The molecule has 4 heteroatoms. The Balaban J connectivity index is 0.00000156. The third kappa shape index (κ3) is 3.09. The number of halogens is 1. The lowest BCUT2D eigenvalue weighted by Crippen LogP contribution is -2.23. The highest BCUT2D eigenvalue weighted by atomic mass is 127. The van der Waals surface area contributed by atoms with Crippen LogP contribution in [0, 0.1) is 5.92 Å². The van der Waals surface area contributed by atoms with Gasteiger partial charge in [-0.15, -0.1) is 24.0 Å². The van der Waals surface area contributed by atoms with Gasteiger partial charge >= 0.3 is 0 Å². The van der Waals surface area contributed by atoms with Gasteiger partial charge in [0.25, 0.3) is 0 Å². The summed E-state index contributed by atoms with van der Waals surface area (Å²) in [5.74, 6) is 1.77. The van der Waals surface area contributed by atoms with Gasteiger partial charge < -0.3 is 11.1 Å². The first-order valence-electron chi connectivity index (χ1n) is 8.03. The SMILES string of the molecule is CCc1cccc(NC(N)=NC2C3Cc4ccccc4C32)c1.I. The molecule has 3 unspecified atom stereocenters. The summed E-state index contributed by atoms with van der Waals surface area (Å²) in [5, 5.41) is 3.23. The number of aryl methyl sites for hydroxylation is 1. The number of nitrogens with zero attached hydrogens (tertiary/aromatic N) is 1. The molecule has 0 bridgehead atoms. The van der Waals surface area contributed by atoms with Crippen LogP contribution in [-0.2, 0) is 12.8 Å². The number of anilines is 1. The third-order valence-electron chi connectivity index (χ3n) is 4.89. The Kier molecular flexibility index (Phi) is 4.62. The van der Waals surface area contributed by atoms with E-state index in [0.29, 0.717) is 23.8 Å². The lowest BCUT2D eigenvalue weighted by Gasteiger charge is -2.08. The highest BCUT2D eigenvalue weighted by Crippen LogP contribution is 2.58. The van der Waals surface area contributed by atoms with Crippen LogP contribution in [0.4, 0.5) is 5.69 Å². The Hall–Kier alpha value is -1.56. The first-order chi connectivity index (χ1) is 10.8. The van der Waals surface area contributed by atoms with Crippen LogP contribution >= 0.6 is 24.0 Å². The normalized spacial score (nSPS) is 24.4. The molecule has 0 heterocycles. The molecule has 2 aromatic carbocycles. The monoisotopic (exact) mass is 419 g/mol. The molecule has 2 aliphatic carbocycles. The summed E-state index contributed by atoms with van der Waals surface area (Å²) in [7, 11) is 0. The van der Waals surface area contributed by atoms with E-state index in [0.717, 1.165) is 18.5 Å². The number of benzene rings is 2. The first kappa shape index (κ1) is 16.3. The molecule has 1 saturated carbocycles. The number of fused-ring (bicyclic) bond motifs is 3. The zero-order chi connectivity index (χ0) is 15.1. The summed E-state index contributed by atoms with van der Waals surface area (Å²) in [5.41, 5.74) is 11.4. The van der Waals surface area contributed by atoms with Gasteiger partial charge in [0.15, 0.2) is 5.96 Å². The molecule has 120 valence electrons. The molecule has 3 atom stereocenters. The maximum atomic E-state index is 6.10. The quantitative estimate of drug-likeness (QED) is 0.450. The van der Waals surface area contributed by atoms with Crippen LogP contribution in [0.15, 0.2) is 53.5 Å². The summed E-state index contributed by atoms with van der Waals surface area (Å²) in [6, 6.07) is 17.4. The molecule has 1 fully saturated rings. The molecule has 2 aliphatic rings. The van der Waals surface area contributed by atoms with Gasteiger partial charge in [-0.3, -0.25) is 0 Å². The smallest absolute Gasteiger partial charge is 0.193 e. The topological polar surface area (TPSA) is 50.4 Å². The molecular weight excluding hydrogens is 397 g/mol. The van der Waals surface area contributed by atoms with Crippen molar-refractivity contribution in [2.24, 2.45) is 16.6 Å². The molecule has 23 heavy (non-hydrogen) atoms. The number of hydrogen-bond donors (Lipinski definition) is 2. The van der Waals surface area contributed by atoms with E-state index >= 15 is 0 Å². The second kappa shape index (κ2) is 6.51. The minimum Gasteiger partial charge on any atom is -0.370 e. The lowest BCUT2D eigenvalue weighted by molar-refractivity contribution is 0.801. The van der Waals surface area contributed by atoms with E-state index in [4.69, 9.17) is 10.7 Å². The summed E-state index contributed by atoms with van der Waals surface area (Å²) >= 11 is 0. The van der Waals surface area contributed by atoms with Gasteiger partial charge in [-0.2, -0.15) is 0 Å². The molecule has 0 saturated heterocycles. The largest absolute Gasteiger partial charge is 0.370 e. The molecule has 0 amide bonds. The van der Waals surface area contributed by atoms with Gasteiger partial charge in [0, 0.05) is 11.6 Å². The van der Waals surface area contributed by atoms with Crippen molar-refractivity contribution in [2.75, 3.05) is 5.32 Å². The van der Waals surface area contributed by atoms with Crippen molar-refractivity contribution in [3.05, 3.63) is 65.2 Å². The van der Waals surface area contributed by atoms with Gasteiger partial charge in [0.1, 0.15) is 0 Å². The summed E-state index contributed by atoms with van der Waals surface area (Å²) < 4.78 is 0. The van der Waals surface area contributed by atoms with Gasteiger partial charge in [-0.25, -0.2) is 4.99 Å². The maximum Gasteiger partial charge on any atom is 0.193 e. The third-order valence-corrected chi connectivity index (χ3v) is 4.89. The average Bonchev–Trinajstić information content (AvgIpc) is 3.04. The van der Waals surface area contributed by atoms with E-state index < -0.39 is 0 Å².